The van der Waals surface area contributed by atoms with Crippen LogP contribution in [0.5, 0.6) is 0 Å². The van der Waals surface area contributed by atoms with Gasteiger partial charge in [0.25, 0.3) is 0 Å². The van der Waals surface area contributed by atoms with Crippen molar-refractivity contribution >= 4 is 12.1 Å². The van der Waals surface area contributed by atoms with Crippen molar-refractivity contribution in [3.05, 3.63) is 23.8 Å². The van der Waals surface area contributed by atoms with E-state index in [0.29, 0.717) is 19.3 Å². The fraction of sp³-hybridized carbons (Fsp3) is 0.538. The summed E-state index contributed by atoms with van der Waals surface area (Å²) in [5, 5.41) is 9.69. The molecular weight excluding hydrogens is 220 g/mol. The van der Waals surface area contributed by atoms with Crippen LogP contribution < -0.4 is 0 Å². The minimum absolute atomic E-state index is 0.108. The minimum atomic E-state index is -1.31. The highest BCUT2D eigenvalue weighted by atomic mass is 16.6. The molecule has 94 valence electrons. The average molecular weight is 238 g/mol. The summed E-state index contributed by atoms with van der Waals surface area (Å²) in [4.78, 5) is 22.3. The Balaban J connectivity index is 2.47. The van der Waals surface area contributed by atoms with Crippen LogP contribution in [0.4, 0.5) is 0 Å². The molecule has 4 heteroatoms. The van der Waals surface area contributed by atoms with E-state index in [1.165, 1.54) is 6.08 Å². The second-order valence-electron chi connectivity index (χ2n) is 3.98. The molecule has 1 rings (SSSR count). The van der Waals surface area contributed by atoms with Gasteiger partial charge < -0.3 is 9.84 Å². The number of carbonyl (C=O) groups excluding carboxylic acids is 2. The highest BCUT2D eigenvalue weighted by Crippen LogP contribution is 2.17. The van der Waals surface area contributed by atoms with Crippen LogP contribution in [0.15, 0.2) is 23.8 Å². The quantitative estimate of drug-likeness (QED) is 0.298. The molecule has 0 radical (unpaired) electrons. The van der Waals surface area contributed by atoms with Gasteiger partial charge in [0.2, 0.25) is 0 Å². The Hall–Kier alpha value is -1.26. The van der Waals surface area contributed by atoms with Crippen molar-refractivity contribution in [3.8, 4) is 0 Å². The first-order chi connectivity index (χ1) is 8.19. The number of ether oxygens (including phenoxy) is 1. The summed E-state index contributed by atoms with van der Waals surface area (Å²) in [5.41, 5.74) is 0.108. The van der Waals surface area contributed by atoms with E-state index in [1.54, 1.807) is 6.08 Å². The Bertz CT molecular complexity index is 326. The number of aldehydes is 1. The van der Waals surface area contributed by atoms with E-state index in [9.17, 15) is 14.7 Å². The smallest absolute Gasteiger partial charge is 0.166 e. The van der Waals surface area contributed by atoms with E-state index < -0.39 is 6.10 Å². The van der Waals surface area contributed by atoms with Gasteiger partial charge in [0.15, 0.2) is 5.78 Å². The summed E-state index contributed by atoms with van der Waals surface area (Å²) in [5.74, 6) is -0.330. The van der Waals surface area contributed by atoms with E-state index >= 15 is 0 Å². The topological polar surface area (TPSA) is 66.9 Å². The normalized spacial score (nSPS) is 21.5. The zero-order valence-electron chi connectivity index (χ0n) is 9.96. The number of aliphatic hydroxyl groups excluding tert-OH is 1. The summed E-state index contributed by atoms with van der Waals surface area (Å²) >= 11 is 0. The molecule has 1 heterocycles. The van der Waals surface area contributed by atoms with E-state index in [-0.39, 0.29) is 23.9 Å². The predicted octanol–water partition coefficient (Wildman–Crippen LogP) is 1.19. The van der Waals surface area contributed by atoms with Crippen molar-refractivity contribution in [1.82, 2.24) is 0 Å². The van der Waals surface area contributed by atoms with Gasteiger partial charge in [-0.2, -0.15) is 0 Å². The van der Waals surface area contributed by atoms with Crippen molar-refractivity contribution in [2.75, 3.05) is 6.61 Å². The second-order valence-corrected chi connectivity index (χ2v) is 3.98. The fourth-order valence-electron chi connectivity index (χ4n) is 1.37. The highest BCUT2D eigenvalue weighted by Gasteiger charge is 2.26. The van der Waals surface area contributed by atoms with Gasteiger partial charge in [0, 0.05) is 12.0 Å². The number of aliphatic hydroxyl groups is 1. The maximum absolute atomic E-state index is 11.6. The van der Waals surface area contributed by atoms with E-state index in [0.717, 1.165) is 6.42 Å². The number of hydrogen-bond donors (Lipinski definition) is 1. The molecule has 0 aliphatic carbocycles. The van der Waals surface area contributed by atoms with Gasteiger partial charge in [-0.15, -0.1) is 0 Å². The molecule has 1 saturated heterocycles. The lowest BCUT2D eigenvalue weighted by Crippen LogP contribution is -2.23. The van der Waals surface area contributed by atoms with Crippen molar-refractivity contribution in [3.63, 3.8) is 0 Å². The number of ketones is 1. The van der Waals surface area contributed by atoms with Gasteiger partial charge in [-0.1, -0.05) is 25.2 Å². The van der Waals surface area contributed by atoms with Crippen LogP contribution in [0.3, 0.4) is 0 Å². The number of rotatable bonds is 8. The third kappa shape index (κ3) is 5.06. The first-order valence-corrected chi connectivity index (χ1v) is 5.83. The molecule has 1 N–H and O–H groups in total. The lowest BCUT2D eigenvalue weighted by Gasteiger charge is -2.07. The van der Waals surface area contributed by atoms with Crippen molar-refractivity contribution in [2.45, 2.75) is 38.4 Å². The molecule has 0 spiro atoms. The number of hydrogen-bond acceptors (Lipinski definition) is 4. The third-order valence-electron chi connectivity index (χ3n) is 2.53. The summed E-state index contributed by atoms with van der Waals surface area (Å²) in [7, 11) is 0. The van der Waals surface area contributed by atoms with Gasteiger partial charge in [-0.25, -0.2) is 0 Å². The molecule has 0 aromatic heterocycles. The van der Waals surface area contributed by atoms with Crippen molar-refractivity contribution in [1.29, 1.82) is 0 Å². The average Bonchev–Trinajstić information content (AvgIpc) is 3.15. The summed E-state index contributed by atoms with van der Waals surface area (Å²) < 4.78 is 4.98. The van der Waals surface area contributed by atoms with Gasteiger partial charge in [0.05, 0.1) is 12.7 Å². The van der Waals surface area contributed by atoms with Gasteiger partial charge in [-0.3, -0.25) is 9.59 Å². The van der Waals surface area contributed by atoms with Crippen LogP contribution in [0.2, 0.25) is 0 Å². The van der Waals surface area contributed by atoms with Crippen LogP contribution in [0, 0.1) is 0 Å². The maximum Gasteiger partial charge on any atom is 0.166 e. The Morgan fingerprint density at radius 3 is 2.82 bits per heavy atom. The Labute approximate surface area is 101 Å². The van der Waals surface area contributed by atoms with Crippen LogP contribution in [-0.4, -0.2) is 36.0 Å². The molecule has 0 aromatic rings. The van der Waals surface area contributed by atoms with Crippen LogP contribution in [0.1, 0.15) is 26.2 Å². The molecule has 0 saturated carbocycles. The molecule has 0 bridgehead atoms. The third-order valence-corrected chi connectivity index (χ3v) is 2.53. The van der Waals surface area contributed by atoms with Crippen molar-refractivity contribution in [2.24, 2.45) is 0 Å². The first kappa shape index (κ1) is 13.8. The fourth-order valence-corrected chi connectivity index (χ4v) is 1.37. The molecule has 1 fully saturated rings. The largest absolute Gasteiger partial charge is 0.380 e. The molecule has 2 atom stereocenters. The molecule has 4 nitrogen and oxygen atoms in total. The number of carbonyl (C=O) groups is 2. The molecule has 0 amide bonds. The SMILES string of the molecule is CC/C=C/C=C(/C=O)[C@H](O)C(=O)CC[C@@H]1CO1. The van der Waals surface area contributed by atoms with Crippen LogP contribution in [-0.2, 0) is 14.3 Å². The number of epoxide rings is 1. The number of Topliss-reactive ketones (excluding diaryl/α,β-unsaturated/α-hetero) is 1. The van der Waals surface area contributed by atoms with Crippen LogP contribution >= 0.6 is 0 Å². The zero-order chi connectivity index (χ0) is 12.7. The minimum Gasteiger partial charge on any atom is -0.380 e. The molecular formula is C13H18O4. The summed E-state index contributed by atoms with van der Waals surface area (Å²) in [6.45, 7) is 2.65. The zero-order valence-corrected chi connectivity index (χ0v) is 9.96. The standard InChI is InChI=1S/C13H18O4/c1-2-3-4-5-10(8-14)13(16)12(15)7-6-11-9-17-11/h3-5,8,11,13,16H,2,6-7,9H2,1H3/b4-3+,10-5-/t11-,13+/m1/s1. The highest BCUT2D eigenvalue weighted by molar-refractivity contribution is 5.93. The van der Waals surface area contributed by atoms with Gasteiger partial charge in [0.1, 0.15) is 12.4 Å². The van der Waals surface area contributed by atoms with Crippen LogP contribution in [0.25, 0.3) is 0 Å². The van der Waals surface area contributed by atoms with Crippen molar-refractivity contribution < 1.29 is 19.4 Å². The summed E-state index contributed by atoms with van der Waals surface area (Å²) in [6, 6.07) is 0. The first-order valence-electron chi connectivity index (χ1n) is 5.83. The van der Waals surface area contributed by atoms with Gasteiger partial charge >= 0.3 is 0 Å². The monoisotopic (exact) mass is 238 g/mol. The lowest BCUT2D eigenvalue weighted by atomic mass is 10.0. The molecule has 1 aliphatic rings. The van der Waals surface area contributed by atoms with E-state index in [4.69, 9.17) is 4.74 Å². The Morgan fingerprint density at radius 2 is 2.29 bits per heavy atom. The molecule has 1 aliphatic heterocycles. The molecule has 0 unspecified atom stereocenters. The number of allylic oxidation sites excluding steroid dienone is 3. The Kier molecular flexibility index (Phi) is 5.80. The van der Waals surface area contributed by atoms with E-state index in [1.807, 2.05) is 13.0 Å². The lowest BCUT2D eigenvalue weighted by molar-refractivity contribution is -0.126. The van der Waals surface area contributed by atoms with E-state index in [2.05, 4.69) is 0 Å². The Morgan fingerprint density at radius 1 is 1.59 bits per heavy atom. The predicted molar refractivity (Wildman–Crippen MR) is 63.6 cm³/mol. The molecule has 17 heavy (non-hydrogen) atoms. The second kappa shape index (κ2) is 7.14. The maximum atomic E-state index is 11.6. The summed E-state index contributed by atoms with van der Waals surface area (Å²) in [6.07, 6.45) is 6.07. The molecule has 0 aromatic carbocycles. The van der Waals surface area contributed by atoms with Gasteiger partial charge in [-0.05, 0) is 12.8 Å².